The van der Waals surface area contributed by atoms with Crippen molar-refractivity contribution in [3.8, 4) is 0 Å². The Hall–Kier alpha value is -2.43. The number of rotatable bonds is 4. The van der Waals surface area contributed by atoms with Gasteiger partial charge in [-0.1, -0.05) is 12.1 Å². The van der Waals surface area contributed by atoms with E-state index in [0.29, 0.717) is 11.3 Å². The second kappa shape index (κ2) is 4.83. The van der Waals surface area contributed by atoms with Crippen LogP contribution >= 0.6 is 0 Å². The van der Waals surface area contributed by atoms with Gasteiger partial charge < -0.3 is 10.4 Å². The van der Waals surface area contributed by atoms with E-state index in [1.165, 1.54) is 6.08 Å². The third kappa shape index (κ3) is 2.45. The highest BCUT2D eigenvalue weighted by atomic mass is 16.4. The molecule has 92 valence electrons. The molecule has 2 N–H and O–H groups in total. The molecule has 0 unspecified atom stereocenters. The molecule has 2 rings (SSSR count). The number of carboxylic acids is 1. The highest BCUT2D eigenvalue weighted by molar-refractivity contribution is 6.20. The van der Waals surface area contributed by atoms with Crippen LogP contribution in [-0.2, 0) is 9.59 Å². The fourth-order valence-electron chi connectivity index (χ4n) is 1.70. The number of fused-ring (bicyclic) bond motifs is 1. The van der Waals surface area contributed by atoms with Gasteiger partial charge in [-0.05, 0) is 12.1 Å². The van der Waals surface area contributed by atoms with Gasteiger partial charge in [0.25, 0.3) is 0 Å². The van der Waals surface area contributed by atoms with Crippen LogP contribution in [0.2, 0.25) is 0 Å². The number of para-hydroxylation sites is 1. The quantitative estimate of drug-likeness (QED) is 0.787. The van der Waals surface area contributed by atoms with E-state index in [1.807, 2.05) is 0 Å². The molecule has 1 aliphatic rings. The van der Waals surface area contributed by atoms with Crippen LogP contribution in [0.15, 0.2) is 36.0 Å². The molecule has 0 fully saturated rings. The molecule has 0 bridgehead atoms. The summed E-state index contributed by atoms with van der Waals surface area (Å²) in [5, 5.41) is 11.3. The van der Waals surface area contributed by atoms with Gasteiger partial charge in [-0.25, -0.2) is 0 Å². The fraction of sp³-hybridized carbons (Fsp3) is 0.154. The molecule has 5 heteroatoms. The summed E-state index contributed by atoms with van der Waals surface area (Å²) in [6.07, 6.45) is 0.833. The summed E-state index contributed by atoms with van der Waals surface area (Å²) in [6.45, 7) is 0. The van der Waals surface area contributed by atoms with Gasteiger partial charge >= 0.3 is 5.97 Å². The number of hydrogen-bond acceptors (Lipinski definition) is 4. The Kier molecular flexibility index (Phi) is 3.23. The van der Waals surface area contributed by atoms with Gasteiger partial charge in [-0.15, -0.1) is 0 Å². The topological polar surface area (TPSA) is 83.5 Å². The zero-order chi connectivity index (χ0) is 13.1. The predicted molar refractivity (Wildman–Crippen MR) is 64.4 cm³/mol. The van der Waals surface area contributed by atoms with E-state index in [9.17, 15) is 14.4 Å². The molecule has 0 atom stereocenters. The van der Waals surface area contributed by atoms with Crippen LogP contribution in [0.25, 0.3) is 0 Å². The standard InChI is InChI=1S/C13H11NO4/c15-8(5-6-12(16)17)7-11-13(18)9-3-1-2-4-10(9)14-11/h1-4,7,14H,5-6H2,(H,16,17)/b11-7-. The van der Waals surface area contributed by atoms with E-state index in [2.05, 4.69) is 5.32 Å². The van der Waals surface area contributed by atoms with Gasteiger partial charge in [-0.2, -0.15) is 0 Å². The van der Waals surface area contributed by atoms with Gasteiger partial charge in [0.15, 0.2) is 5.78 Å². The molecule has 1 aromatic rings. The lowest BCUT2D eigenvalue weighted by Gasteiger charge is -1.97. The van der Waals surface area contributed by atoms with Gasteiger partial charge in [0, 0.05) is 23.7 Å². The lowest BCUT2D eigenvalue weighted by molar-refractivity contribution is -0.138. The second-order valence-electron chi connectivity index (χ2n) is 3.92. The summed E-state index contributed by atoms with van der Waals surface area (Å²) < 4.78 is 0. The number of allylic oxidation sites excluding steroid dienone is 2. The molecule has 5 nitrogen and oxygen atoms in total. The first kappa shape index (κ1) is 12.0. The maximum Gasteiger partial charge on any atom is 0.303 e. The van der Waals surface area contributed by atoms with Gasteiger partial charge in [0.1, 0.15) is 0 Å². The van der Waals surface area contributed by atoms with Crippen molar-refractivity contribution < 1.29 is 19.5 Å². The third-order valence-electron chi connectivity index (χ3n) is 2.58. The minimum atomic E-state index is -1.03. The summed E-state index contributed by atoms with van der Waals surface area (Å²) in [5.41, 5.74) is 1.39. The molecule has 1 heterocycles. The predicted octanol–water partition coefficient (Wildman–Crippen LogP) is 1.61. The number of nitrogens with one attached hydrogen (secondary N) is 1. The molecule has 0 amide bonds. The van der Waals surface area contributed by atoms with E-state index >= 15 is 0 Å². The summed E-state index contributed by atoms with van der Waals surface area (Å²) in [4.78, 5) is 33.7. The lowest BCUT2D eigenvalue weighted by atomic mass is 10.1. The summed E-state index contributed by atoms with van der Waals surface area (Å²) in [6, 6.07) is 6.95. The van der Waals surface area contributed by atoms with Crippen molar-refractivity contribution in [1.82, 2.24) is 0 Å². The number of carbonyl (C=O) groups excluding carboxylic acids is 2. The maximum absolute atomic E-state index is 11.9. The average Bonchev–Trinajstić information content (AvgIpc) is 2.65. The molecule has 1 aromatic carbocycles. The molecule has 0 aliphatic carbocycles. The number of aliphatic carboxylic acids is 1. The van der Waals surface area contributed by atoms with E-state index in [4.69, 9.17) is 5.11 Å². The third-order valence-corrected chi connectivity index (χ3v) is 2.58. The van der Waals surface area contributed by atoms with Crippen LogP contribution in [-0.4, -0.2) is 22.6 Å². The molecule has 0 radical (unpaired) electrons. The Balaban J connectivity index is 2.11. The van der Waals surface area contributed by atoms with Crippen LogP contribution in [0.1, 0.15) is 23.2 Å². The number of hydrogen-bond donors (Lipinski definition) is 2. The Morgan fingerprint density at radius 2 is 1.94 bits per heavy atom. The van der Waals surface area contributed by atoms with Gasteiger partial charge in [0.05, 0.1) is 12.1 Å². The largest absolute Gasteiger partial charge is 0.481 e. The van der Waals surface area contributed by atoms with Gasteiger partial charge in [-0.3, -0.25) is 14.4 Å². The first-order valence-corrected chi connectivity index (χ1v) is 5.45. The van der Waals surface area contributed by atoms with Crippen LogP contribution < -0.4 is 5.32 Å². The molecule has 18 heavy (non-hydrogen) atoms. The normalized spacial score (nSPS) is 15.3. The minimum absolute atomic E-state index is 0.107. The van der Waals surface area contributed by atoms with E-state index < -0.39 is 5.97 Å². The van der Waals surface area contributed by atoms with Crippen molar-refractivity contribution in [3.05, 3.63) is 41.6 Å². The van der Waals surface area contributed by atoms with Crippen molar-refractivity contribution in [2.45, 2.75) is 12.8 Å². The van der Waals surface area contributed by atoms with Crippen molar-refractivity contribution in [2.75, 3.05) is 5.32 Å². The molecule has 0 saturated carbocycles. The number of benzene rings is 1. The average molecular weight is 245 g/mol. The van der Waals surface area contributed by atoms with Crippen LogP contribution in [0.3, 0.4) is 0 Å². The van der Waals surface area contributed by atoms with Crippen molar-refractivity contribution >= 4 is 23.2 Å². The fourth-order valence-corrected chi connectivity index (χ4v) is 1.70. The lowest BCUT2D eigenvalue weighted by Crippen LogP contribution is -2.06. The van der Waals surface area contributed by atoms with Crippen molar-refractivity contribution in [2.24, 2.45) is 0 Å². The Labute approximate surface area is 103 Å². The minimum Gasteiger partial charge on any atom is -0.481 e. The molecular formula is C13H11NO4. The summed E-state index contributed by atoms with van der Waals surface area (Å²) in [5.74, 6) is -1.65. The molecule has 0 aromatic heterocycles. The zero-order valence-electron chi connectivity index (χ0n) is 9.47. The number of carboxylic acid groups (broad SMARTS) is 1. The molecular weight excluding hydrogens is 234 g/mol. The Bertz CT molecular complexity index is 560. The smallest absolute Gasteiger partial charge is 0.303 e. The number of carbonyl (C=O) groups is 3. The van der Waals surface area contributed by atoms with E-state index in [-0.39, 0.29) is 30.1 Å². The van der Waals surface area contributed by atoms with E-state index in [1.54, 1.807) is 24.3 Å². The number of anilines is 1. The highest BCUT2D eigenvalue weighted by Crippen LogP contribution is 2.27. The van der Waals surface area contributed by atoms with Crippen molar-refractivity contribution in [1.29, 1.82) is 0 Å². The van der Waals surface area contributed by atoms with E-state index in [0.717, 1.165) is 0 Å². The Morgan fingerprint density at radius 3 is 2.61 bits per heavy atom. The maximum atomic E-state index is 11.9. The molecule has 0 saturated heterocycles. The Morgan fingerprint density at radius 1 is 1.22 bits per heavy atom. The second-order valence-corrected chi connectivity index (χ2v) is 3.92. The summed E-state index contributed by atoms with van der Waals surface area (Å²) in [7, 11) is 0. The SMILES string of the molecule is O=C(O)CCC(=O)/C=C1\Nc2ccccc2C1=O. The molecule has 0 spiro atoms. The number of ketones is 2. The zero-order valence-corrected chi connectivity index (χ0v) is 9.47. The van der Waals surface area contributed by atoms with Crippen LogP contribution in [0.5, 0.6) is 0 Å². The molecule has 1 aliphatic heterocycles. The van der Waals surface area contributed by atoms with Crippen LogP contribution in [0.4, 0.5) is 5.69 Å². The highest BCUT2D eigenvalue weighted by Gasteiger charge is 2.24. The van der Waals surface area contributed by atoms with Gasteiger partial charge in [0.2, 0.25) is 5.78 Å². The number of Topliss-reactive ketones (excluding diaryl/α,β-unsaturated/α-hetero) is 1. The van der Waals surface area contributed by atoms with Crippen LogP contribution in [0, 0.1) is 0 Å². The first-order valence-electron chi connectivity index (χ1n) is 5.45. The monoisotopic (exact) mass is 245 g/mol. The summed E-state index contributed by atoms with van der Waals surface area (Å²) >= 11 is 0. The first-order chi connectivity index (χ1) is 8.58. The van der Waals surface area contributed by atoms with Crippen molar-refractivity contribution in [3.63, 3.8) is 0 Å².